The van der Waals surface area contributed by atoms with E-state index in [2.05, 4.69) is 16.3 Å². The smallest absolute Gasteiger partial charge is 0.410 e. The summed E-state index contributed by atoms with van der Waals surface area (Å²) in [6.45, 7) is 4.61. The van der Waals surface area contributed by atoms with Gasteiger partial charge in [0.05, 0.1) is 50.7 Å². The number of β-amino-alcohol motifs (C(OH)–C–C–N with tert-alkyl or cyclic N) is 1. The summed E-state index contributed by atoms with van der Waals surface area (Å²) in [6, 6.07) is 21.0. The molecular weight excluding hydrogens is 602 g/mol. The molecule has 4 N–H and O–H groups in total. The number of ether oxygens (including phenoxy) is 4. The minimum Gasteiger partial charge on any atom is -0.490 e. The molecule has 0 radical (unpaired) electrons. The second-order valence-electron chi connectivity index (χ2n) is 12.4. The number of carbonyl (C=O) groups is 1. The van der Waals surface area contributed by atoms with Crippen LogP contribution >= 0.6 is 0 Å². The van der Waals surface area contributed by atoms with Gasteiger partial charge in [-0.3, -0.25) is 0 Å². The van der Waals surface area contributed by atoms with E-state index in [0.29, 0.717) is 13.0 Å². The Kier molecular flexibility index (Phi) is 11.1. The lowest BCUT2D eigenvalue weighted by molar-refractivity contribution is -0.0692. The highest BCUT2D eigenvalue weighted by Gasteiger charge is 2.40. The number of rotatable bonds is 12. The fourth-order valence-corrected chi connectivity index (χ4v) is 6.51. The first-order valence-electron chi connectivity index (χ1n) is 16.5. The Morgan fingerprint density at radius 1 is 0.957 bits per heavy atom. The number of aliphatic hydroxyl groups is 3. The number of amides is 1. The van der Waals surface area contributed by atoms with Crippen molar-refractivity contribution in [3.05, 3.63) is 89.0 Å². The summed E-state index contributed by atoms with van der Waals surface area (Å²) >= 11 is 0. The van der Waals surface area contributed by atoms with Gasteiger partial charge in [-0.1, -0.05) is 42.5 Å². The van der Waals surface area contributed by atoms with Crippen LogP contribution in [0.3, 0.4) is 0 Å². The van der Waals surface area contributed by atoms with Crippen LogP contribution in [0.25, 0.3) is 0 Å². The van der Waals surface area contributed by atoms with Crippen molar-refractivity contribution < 1.29 is 39.1 Å². The zero-order chi connectivity index (χ0) is 32.6. The molecule has 3 aliphatic rings. The number of hydrogen-bond donors (Lipinski definition) is 4. The largest absolute Gasteiger partial charge is 0.490 e. The number of nitrogens with one attached hydrogen (secondary N) is 1. The van der Waals surface area contributed by atoms with Gasteiger partial charge in [0.2, 0.25) is 0 Å². The Hall–Kier alpha value is -3.87. The maximum absolute atomic E-state index is 13.2. The van der Waals surface area contributed by atoms with E-state index < -0.39 is 18.3 Å². The van der Waals surface area contributed by atoms with E-state index in [1.54, 1.807) is 12.1 Å². The number of anilines is 1. The summed E-state index contributed by atoms with van der Waals surface area (Å²) in [5.74, 6) is 1.21. The van der Waals surface area contributed by atoms with E-state index in [1.807, 2.05) is 48.5 Å². The van der Waals surface area contributed by atoms with Gasteiger partial charge in [-0.15, -0.1) is 0 Å². The molecule has 3 aromatic rings. The molecule has 11 nitrogen and oxygen atoms in total. The average Bonchev–Trinajstić information content (AvgIpc) is 3.62. The van der Waals surface area contributed by atoms with E-state index in [9.17, 15) is 20.1 Å². The fraction of sp³-hybridized carbons (Fsp3) is 0.472. The molecule has 0 bridgehead atoms. The number of piperidine rings is 1. The summed E-state index contributed by atoms with van der Waals surface area (Å²) in [5.41, 5.74) is 4.40. The monoisotopic (exact) mass is 647 g/mol. The Balaban J connectivity index is 1.17. The number of likely N-dealkylation sites (tertiary alicyclic amines) is 1. The highest BCUT2D eigenvalue weighted by atomic mass is 16.6. The Labute approximate surface area is 275 Å². The van der Waals surface area contributed by atoms with Gasteiger partial charge in [-0.05, 0) is 65.9 Å². The number of fused-ring (bicyclic) bond motifs is 1. The lowest BCUT2D eigenvalue weighted by Crippen LogP contribution is -2.53. The highest BCUT2D eigenvalue weighted by Crippen LogP contribution is 2.35. The molecule has 47 heavy (non-hydrogen) atoms. The molecule has 3 heterocycles. The lowest BCUT2D eigenvalue weighted by atomic mass is 9.84. The van der Waals surface area contributed by atoms with Crippen LogP contribution in [0, 0.1) is 0 Å². The average molecular weight is 648 g/mol. The molecular formula is C36H45N3O8. The lowest BCUT2D eigenvalue weighted by Gasteiger charge is -2.41. The van der Waals surface area contributed by atoms with Crippen LogP contribution in [0.5, 0.6) is 11.5 Å². The predicted molar refractivity (Wildman–Crippen MR) is 176 cm³/mol. The van der Waals surface area contributed by atoms with Gasteiger partial charge < -0.3 is 49.4 Å². The Bertz CT molecular complexity index is 1450. The molecule has 0 aliphatic carbocycles. The molecule has 4 atom stereocenters. The van der Waals surface area contributed by atoms with Crippen LogP contribution in [-0.2, 0) is 29.3 Å². The van der Waals surface area contributed by atoms with Gasteiger partial charge in [0.1, 0.15) is 30.8 Å². The predicted octanol–water partition coefficient (Wildman–Crippen LogP) is 3.18. The van der Waals surface area contributed by atoms with Crippen molar-refractivity contribution in [3.63, 3.8) is 0 Å². The number of carbonyl (C=O) groups excluding carboxylic acids is 1. The Morgan fingerprint density at radius 2 is 1.74 bits per heavy atom. The van der Waals surface area contributed by atoms with E-state index in [0.717, 1.165) is 72.0 Å². The third-order valence-corrected chi connectivity index (χ3v) is 9.06. The topological polar surface area (TPSA) is 133 Å². The van der Waals surface area contributed by atoms with Crippen molar-refractivity contribution in [1.82, 2.24) is 10.2 Å². The number of aliphatic hydroxyl groups excluding tert-OH is 3. The van der Waals surface area contributed by atoms with E-state index in [4.69, 9.17) is 18.9 Å². The van der Waals surface area contributed by atoms with Crippen LogP contribution in [0.2, 0.25) is 0 Å². The van der Waals surface area contributed by atoms with Crippen molar-refractivity contribution in [2.75, 3.05) is 57.4 Å². The molecule has 2 fully saturated rings. The number of hydrogen-bond acceptors (Lipinski definition) is 10. The summed E-state index contributed by atoms with van der Waals surface area (Å²) < 4.78 is 24.2. The van der Waals surface area contributed by atoms with Crippen LogP contribution in [0.4, 0.5) is 10.5 Å². The van der Waals surface area contributed by atoms with Crippen LogP contribution in [0.1, 0.15) is 41.0 Å². The van der Waals surface area contributed by atoms with E-state index in [-0.39, 0.29) is 51.5 Å². The van der Waals surface area contributed by atoms with E-state index in [1.165, 1.54) is 4.90 Å². The normalized spacial score (nSPS) is 22.4. The van der Waals surface area contributed by atoms with Crippen LogP contribution in [-0.4, -0.2) is 97.1 Å². The molecule has 3 aliphatic heterocycles. The fourth-order valence-electron chi connectivity index (χ4n) is 6.51. The second kappa shape index (κ2) is 15.8. The van der Waals surface area contributed by atoms with Gasteiger partial charge in [-0.2, -0.15) is 0 Å². The molecule has 0 spiro atoms. The first kappa shape index (κ1) is 33.0. The first-order chi connectivity index (χ1) is 23.0. The maximum Gasteiger partial charge on any atom is 0.410 e. The molecule has 11 heteroatoms. The molecule has 3 aromatic carbocycles. The summed E-state index contributed by atoms with van der Waals surface area (Å²) in [5, 5.41) is 33.5. The van der Waals surface area contributed by atoms with Gasteiger partial charge in [0.25, 0.3) is 0 Å². The highest BCUT2D eigenvalue weighted by molar-refractivity contribution is 5.68. The summed E-state index contributed by atoms with van der Waals surface area (Å²) in [7, 11) is 0. The zero-order valence-electron chi connectivity index (χ0n) is 26.6. The minimum absolute atomic E-state index is 0.0523. The summed E-state index contributed by atoms with van der Waals surface area (Å²) in [6.07, 6.45) is -0.149. The molecule has 252 valence electrons. The van der Waals surface area contributed by atoms with Crippen molar-refractivity contribution in [2.24, 2.45) is 0 Å². The van der Waals surface area contributed by atoms with Crippen LogP contribution < -0.4 is 19.7 Å². The number of nitrogens with zero attached hydrogens (tertiary/aromatic N) is 2. The quantitative estimate of drug-likeness (QED) is 0.232. The molecule has 2 saturated heterocycles. The van der Waals surface area contributed by atoms with Gasteiger partial charge >= 0.3 is 6.09 Å². The third-order valence-electron chi connectivity index (χ3n) is 9.06. The van der Waals surface area contributed by atoms with Gasteiger partial charge in [0.15, 0.2) is 0 Å². The zero-order valence-corrected chi connectivity index (χ0v) is 26.6. The van der Waals surface area contributed by atoms with Crippen molar-refractivity contribution in [2.45, 2.75) is 56.9 Å². The van der Waals surface area contributed by atoms with Gasteiger partial charge in [0, 0.05) is 25.6 Å². The standard InChI is InChI=1S/C36H45N3O8/c40-16-1-14-38-15-17-44-33-11-6-27(18-31(33)38)24-45-34-21-39(36(43)46-23-26-4-2-25(22-41)3-5-26)20-32(42)35(34)28-7-9-29(10-8-28)47-30-12-13-37-19-30/h2-11,18,30,32,34-35,37,40-42H,1,12-17,19-24H2. The molecule has 0 saturated carbocycles. The maximum atomic E-state index is 13.2. The minimum atomic E-state index is -0.887. The van der Waals surface area contributed by atoms with Crippen molar-refractivity contribution in [3.8, 4) is 11.5 Å². The Morgan fingerprint density at radius 3 is 2.49 bits per heavy atom. The van der Waals surface area contributed by atoms with Gasteiger partial charge in [-0.25, -0.2) is 4.79 Å². The second-order valence-corrected chi connectivity index (χ2v) is 12.4. The van der Waals surface area contributed by atoms with E-state index >= 15 is 0 Å². The SMILES string of the molecule is O=C(OCc1ccc(CO)cc1)N1CC(O)C(c2ccc(OC3CCNC3)cc2)C(OCc2ccc3c(c2)N(CCCO)CCO3)C1. The first-order valence-corrected chi connectivity index (χ1v) is 16.5. The molecule has 6 rings (SSSR count). The summed E-state index contributed by atoms with van der Waals surface area (Å²) in [4.78, 5) is 17.0. The third kappa shape index (κ3) is 8.35. The number of benzene rings is 3. The molecule has 1 amide bonds. The van der Waals surface area contributed by atoms with Crippen molar-refractivity contribution in [1.29, 1.82) is 0 Å². The molecule has 0 aromatic heterocycles. The van der Waals surface area contributed by atoms with Crippen molar-refractivity contribution >= 4 is 11.8 Å². The molecule has 4 unspecified atom stereocenters. The van der Waals surface area contributed by atoms with Crippen LogP contribution in [0.15, 0.2) is 66.7 Å².